The fraction of sp³-hybridized carbons (Fsp3) is 0.250. The van der Waals surface area contributed by atoms with Crippen LogP contribution in [0.15, 0.2) is 54.1 Å². The van der Waals surface area contributed by atoms with E-state index < -0.39 is 0 Å². The van der Waals surface area contributed by atoms with Crippen LogP contribution in [-0.2, 0) is 11.2 Å². The Kier molecular flexibility index (Phi) is 3.53. The van der Waals surface area contributed by atoms with E-state index in [0.717, 1.165) is 29.9 Å². The van der Waals surface area contributed by atoms with Gasteiger partial charge < -0.3 is 4.74 Å². The maximum Gasteiger partial charge on any atom is 0.238 e. The number of amides is 1. The number of carbonyl (C=O) groups is 1. The summed E-state index contributed by atoms with van der Waals surface area (Å²) in [7, 11) is 1.69. The molecule has 1 aliphatic carbocycles. The van der Waals surface area contributed by atoms with E-state index in [9.17, 15) is 4.79 Å². The van der Waals surface area contributed by atoms with Gasteiger partial charge in [0.15, 0.2) is 0 Å². The number of fused-ring (bicyclic) bond motifs is 2. The first kappa shape index (κ1) is 14.8. The number of hydrogen-bond acceptors (Lipinski definition) is 3. The van der Waals surface area contributed by atoms with Gasteiger partial charge in [0.25, 0.3) is 0 Å². The number of rotatable bonds is 2. The van der Waals surface area contributed by atoms with Crippen LogP contribution in [-0.4, -0.2) is 18.0 Å². The molecule has 1 unspecified atom stereocenters. The quantitative estimate of drug-likeness (QED) is 0.921. The van der Waals surface area contributed by atoms with Crippen LogP contribution in [0.4, 0.5) is 0 Å². The summed E-state index contributed by atoms with van der Waals surface area (Å²) in [6, 6.07) is 16.3. The molecule has 1 aliphatic heterocycles. The van der Waals surface area contributed by atoms with Gasteiger partial charge in [0.2, 0.25) is 5.91 Å². The number of carbonyl (C=O) groups excluding carboxylic acids is 1. The molecule has 1 amide bonds. The number of benzene rings is 2. The van der Waals surface area contributed by atoms with E-state index >= 15 is 0 Å². The van der Waals surface area contributed by atoms with E-state index in [0.29, 0.717) is 0 Å². The number of nitrogens with one attached hydrogen (secondary N) is 1. The maximum absolute atomic E-state index is 12.2. The van der Waals surface area contributed by atoms with Gasteiger partial charge >= 0.3 is 0 Å². The van der Waals surface area contributed by atoms with Crippen LogP contribution in [0, 0.1) is 0 Å². The molecule has 0 fully saturated rings. The number of nitrogens with zero attached hydrogens (tertiary/aromatic N) is 1. The lowest BCUT2D eigenvalue weighted by atomic mass is 9.85. The smallest absolute Gasteiger partial charge is 0.238 e. The molecule has 1 N–H and O–H groups in total. The highest BCUT2D eigenvalue weighted by atomic mass is 16.5. The molecule has 1 heterocycles. The van der Waals surface area contributed by atoms with Gasteiger partial charge in [0.05, 0.1) is 12.8 Å². The van der Waals surface area contributed by atoms with Gasteiger partial charge in [-0.3, -0.25) is 10.2 Å². The van der Waals surface area contributed by atoms with Crippen molar-refractivity contribution in [3.05, 3.63) is 70.8 Å². The van der Waals surface area contributed by atoms with Gasteiger partial charge in [-0.2, -0.15) is 0 Å². The van der Waals surface area contributed by atoms with Crippen molar-refractivity contribution in [3.63, 3.8) is 0 Å². The summed E-state index contributed by atoms with van der Waals surface area (Å²) in [5, 5.41) is 1.75. The monoisotopic (exact) mass is 320 g/mol. The first-order valence-electron chi connectivity index (χ1n) is 8.21. The number of hydrazine groups is 1. The van der Waals surface area contributed by atoms with Crippen LogP contribution < -0.4 is 10.2 Å². The lowest BCUT2D eigenvalue weighted by Gasteiger charge is -2.25. The Labute approximate surface area is 141 Å². The van der Waals surface area contributed by atoms with Crippen molar-refractivity contribution in [2.24, 2.45) is 0 Å². The van der Waals surface area contributed by atoms with Crippen molar-refractivity contribution < 1.29 is 9.53 Å². The third-order valence-electron chi connectivity index (χ3n) is 4.84. The van der Waals surface area contributed by atoms with Crippen LogP contribution in [0.5, 0.6) is 5.75 Å². The number of ether oxygens (including phenoxy) is 1. The molecule has 0 saturated heterocycles. The Morgan fingerprint density at radius 1 is 1.17 bits per heavy atom. The van der Waals surface area contributed by atoms with E-state index in [4.69, 9.17) is 4.74 Å². The second-order valence-corrected chi connectivity index (χ2v) is 6.24. The Morgan fingerprint density at radius 3 is 2.67 bits per heavy atom. The molecule has 2 aliphatic rings. The van der Waals surface area contributed by atoms with E-state index in [1.54, 1.807) is 19.0 Å². The highest BCUT2D eigenvalue weighted by Crippen LogP contribution is 2.44. The minimum atomic E-state index is -0.0334. The van der Waals surface area contributed by atoms with Crippen LogP contribution in [0.2, 0.25) is 0 Å². The van der Waals surface area contributed by atoms with Crippen molar-refractivity contribution in [3.8, 4) is 5.75 Å². The van der Waals surface area contributed by atoms with Gasteiger partial charge in [-0.1, -0.05) is 30.3 Å². The molecule has 122 valence electrons. The second kappa shape index (κ2) is 5.71. The Bertz CT molecular complexity index is 827. The van der Waals surface area contributed by atoms with Crippen LogP contribution in [0.3, 0.4) is 0 Å². The second-order valence-electron chi connectivity index (χ2n) is 6.24. The average molecular weight is 320 g/mol. The zero-order valence-corrected chi connectivity index (χ0v) is 13.9. The standard InChI is InChI=1S/C20H20N2O2/c1-13(23)22-20(14-6-4-3-5-7-14)18-10-8-15-12-16(24-2)9-11-17(15)19(18)21-22/h3-7,9,11-12,20-21H,8,10H2,1-2H3. The molecule has 24 heavy (non-hydrogen) atoms. The number of aryl methyl sites for hydroxylation is 1. The van der Waals surface area contributed by atoms with Crippen LogP contribution >= 0.6 is 0 Å². The van der Waals surface area contributed by atoms with E-state index in [1.807, 2.05) is 24.3 Å². The normalized spacial score (nSPS) is 18.8. The maximum atomic E-state index is 12.2. The highest BCUT2D eigenvalue weighted by Gasteiger charge is 2.38. The van der Waals surface area contributed by atoms with Crippen molar-refractivity contribution in [2.45, 2.75) is 25.8 Å². The lowest BCUT2D eigenvalue weighted by Crippen LogP contribution is -2.38. The SMILES string of the molecule is COc1ccc2c(c1)CCC1=C2NN(C(C)=O)C1c1ccccc1. The van der Waals surface area contributed by atoms with Crippen molar-refractivity contribution in [2.75, 3.05) is 7.11 Å². The molecule has 0 aromatic heterocycles. The van der Waals surface area contributed by atoms with Crippen LogP contribution in [0.1, 0.15) is 36.1 Å². The molecule has 4 heteroatoms. The molecule has 0 bridgehead atoms. The molecule has 2 aromatic rings. The van der Waals surface area contributed by atoms with Crippen molar-refractivity contribution in [1.29, 1.82) is 0 Å². The Hall–Kier alpha value is -2.75. The average Bonchev–Trinajstić information content (AvgIpc) is 3.02. The summed E-state index contributed by atoms with van der Waals surface area (Å²) >= 11 is 0. The topological polar surface area (TPSA) is 41.6 Å². The highest BCUT2D eigenvalue weighted by molar-refractivity contribution is 5.82. The van der Waals surface area contributed by atoms with Gasteiger partial charge in [0.1, 0.15) is 11.8 Å². The fourth-order valence-electron chi connectivity index (χ4n) is 3.71. The number of hydrogen-bond donors (Lipinski definition) is 1. The summed E-state index contributed by atoms with van der Waals surface area (Å²) in [4.78, 5) is 12.2. The number of methoxy groups -OCH3 is 1. The molecule has 2 aromatic carbocycles. The molecule has 0 saturated carbocycles. The largest absolute Gasteiger partial charge is 0.497 e. The first-order valence-corrected chi connectivity index (χ1v) is 8.21. The molecular weight excluding hydrogens is 300 g/mol. The van der Waals surface area contributed by atoms with E-state index in [2.05, 4.69) is 29.7 Å². The zero-order valence-electron chi connectivity index (χ0n) is 13.9. The van der Waals surface area contributed by atoms with Gasteiger partial charge in [0, 0.05) is 12.5 Å². The van der Waals surface area contributed by atoms with Crippen molar-refractivity contribution >= 4 is 11.6 Å². The van der Waals surface area contributed by atoms with E-state index in [-0.39, 0.29) is 11.9 Å². The molecule has 0 spiro atoms. The zero-order chi connectivity index (χ0) is 16.7. The lowest BCUT2D eigenvalue weighted by molar-refractivity contribution is -0.132. The third kappa shape index (κ3) is 2.26. The molecule has 1 atom stereocenters. The van der Waals surface area contributed by atoms with Gasteiger partial charge in [-0.25, -0.2) is 5.01 Å². The Balaban J connectivity index is 1.82. The van der Waals surface area contributed by atoms with E-state index in [1.165, 1.54) is 16.7 Å². The predicted molar refractivity (Wildman–Crippen MR) is 93.1 cm³/mol. The van der Waals surface area contributed by atoms with Gasteiger partial charge in [-0.15, -0.1) is 0 Å². The molecule has 0 radical (unpaired) electrons. The summed E-state index contributed by atoms with van der Waals surface area (Å²) in [6.07, 6.45) is 1.90. The predicted octanol–water partition coefficient (Wildman–Crippen LogP) is 3.46. The summed E-state index contributed by atoms with van der Waals surface area (Å²) in [5.74, 6) is 0.896. The Morgan fingerprint density at radius 2 is 1.96 bits per heavy atom. The summed E-state index contributed by atoms with van der Waals surface area (Å²) in [5.41, 5.74) is 9.29. The van der Waals surface area contributed by atoms with Gasteiger partial charge in [-0.05, 0) is 47.7 Å². The van der Waals surface area contributed by atoms with Crippen LogP contribution in [0.25, 0.3) is 5.70 Å². The van der Waals surface area contributed by atoms with Crippen molar-refractivity contribution in [1.82, 2.24) is 10.4 Å². The molecule has 4 nitrogen and oxygen atoms in total. The first-order chi connectivity index (χ1) is 11.7. The minimum Gasteiger partial charge on any atom is -0.497 e. The fourth-order valence-corrected chi connectivity index (χ4v) is 3.71. The molecule has 4 rings (SSSR count). The third-order valence-corrected chi connectivity index (χ3v) is 4.84. The minimum absolute atomic E-state index is 0.0216. The summed E-state index contributed by atoms with van der Waals surface area (Å²) < 4.78 is 5.34. The molecular formula is C20H20N2O2. The summed E-state index contributed by atoms with van der Waals surface area (Å²) in [6.45, 7) is 1.61.